The van der Waals surface area contributed by atoms with Gasteiger partial charge in [-0.25, -0.2) is 15.4 Å². The molecule has 1 heterocycles. The van der Waals surface area contributed by atoms with Crippen molar-refractivity contribution >= 4 is 23.9 Å². The van der Waals surface area contributed by atoms with Gasteiger partial charge in [0.25, 0.3) is 5.91 Å². The Balaban J connectivity index is 1.85. The summed E-state index contributed by atoms with van der Waals surface area (Å²) in [5.74, 6) is -0.614. The Morgan fingerprint density at radius 2 is 1.91 bits per heavy atom. The van der Waals surface area contributed by atoms with Crippen molar-refractivity contribution in [2.24, 2.45) is 5.10 Å². The van der Waals surface area contributed by atoms with Gasteiger partial charge >= 0.3 is 0 Å². The number of rotatable bonds is 5. The van der Waals surface area contributed by atoms with Crippen molar-refractivity contribution < 1.29 is 15.0 Å². The number of aromatic nitrogens is 2. The fourth-order valence-corrected chi connectivity index (χ4v) is 2.46. The number of hydrogen-bond donors (Lipinski definition) is 3. The lowest BCUT2D eigenvalue weighted by atomic mass is 10.2. The smallest absolute Gasteiger partial charge is 0.250 e. The molecular formula is C15H16N4O3S. The van der Waals surface area contributed by atoms with E-state index in [1.807, 2.05) is 19.9 Å². The van der Waals surface area contributed by atoms with Gasteiger partial charge in [-0.3, -0.25) is 4.79 Å². The first kappa shape index (κ1) is 16.8. The van der Waals surface area contributed by atoms with E-state index >= 15 is 0 Å². The Labute approximate surface area is 137 Å². The van der Waals surface area contributed by atoms with Crippen LogP contribution >= 0.6 is 11.8 Å². The number of aromatic hydroxyl groups is 2. The predicted molar refractivity (Wildman–Crippen MR) is 87.7 cm³/mol. The zero-order chi connectivity index (χ0) is 16.8. The van der Waals surface area contributed by atoms with Gasteiger partial charge in [-0.15, -0.1) is 0 Å². The van der Waals surface area contributed by atoms with Gasteiger partial charge in [-0.2, -0.15) is 5.10 Å². The lowest BCUT2D eigenvalue weighted by molar-refractivity contribution is -0.118. The first-order chi connectivity index (χ1) is 10.9. The van der Waals surface area contributed by atoms with E-state index in [0.717, 1.165) is 11.4 Å². The molecule has 0 bridgehead atoms. The van der Waals surface area contributed by atoms with Crippen LogP contribution in [0.4, 0.5) is 0 Å². The van der Waals surface area contributed by atoms with Gasteiger partial charge < -0.3 is 10.2 Å². The number of carbonyl (C=O) groups is 1. The molecule has 0 aliphatic rings. The van der Waals surface area contributed by atoms with Crippen LogP contribution < -0.4 is 5.43 Å². The summed E-state index contributed by atoms with van der Waals surface area (Å²) in [6, 6.07) is 6.10. The minimum Gasteiger partial charge on any atom is -0.504 e. The van der Waals surface area contributed by atoms with Crippen LogP contribution in [0.3, 0.4) is 0 Å². The third kappa shape index (κ3) is 5.26. The van der Waals surface area contributed by atoms with Gasteiger partial charge in [-0.05, 0) is 43.7 Å². The molecule has 0 saturated carbocycles. The minimum atomic E-state index is -0.294. The van der Waals surface area contributed by atoms with Crippen molar-refractivity contribution in [2.45, 2.75) is 19.0 Å². The third-order valence-corrected chi connectivity index (χ3v) is 3.54. The van der Waals surface area contributed by atoms with Crippen molar-refractivity contribution in [1.29, 1.82) is 0 Å². The summed E-state index contributed by atoms with van der Waals surface area (Å²) in [4.78, 5) is 20.2. The second-order valence-corrected chi connectivity index (χ2v) is 5.71. The van der Waals surface area contributed by atoms with Crippen LogP contribution in [0, 0.1) is 13.8 Å². The van der Waals surface area contributed by atoms with Gasteiger partial charge in [0.05, 0.1) is 12.0 Å². The lowest BCUT2D eigenvalue weighted by Gasteiger charge is -2.02. The molecular weight excluding hydrogens is 316 g/mol. The highest BCUT2D eigenvalue weighted by Crippen LogP contribution is 2.23. The van der Waals surface area contributed by atoms with Crippen molar-refractivity contribution in [3.8, 4) is 11.5 Å². The molecule has 1 aromatic carbocycles. The highest BCUT2D eigenvalue weighted by atomic mass is 32.2. The number of phenols is 2. The van der Waals surface area contributed by atoms with E-state index in [2.05, 4.69) is 20.5 Å². The maximum absolute atomic E-state index is 11.7. The highest BCUT2D eigenvalue weighted by Gasteiger charge is 2.05. The second kappa shape index (κ2) is 7.59. The van der Waals surface area contributed by atoms with E-state index in [0.29, 0.717) is 10.7 Å². The van der Waals surface area contributed by atoms with Crippen LogP contribution in [-0.2, 0) is 4.79 Å². The van der Waals surface area contributed by atoms with Crippen molar-refractivity contribution in [3.63, 3.8) is 0 Å². The van der Waals surface area contributed by atoms with Gasteiger partial charge in [0.2, 0.25) is 0 Å². The van der Waals surface area contributed by atoms with Crippen molar-refractivity contribution in [1.82, 2.24) is 15.4 Å². The summed E-state index contributed by atoms with van der Waals surface area (Å²) in [5, 5.41) is 22.9. The van der Waals surface area contributed by atoms with E-state index in [-0.39, 0.29) is 23.2 Å². The summed E-state index contributed by atoms with van der Waals surface area (Å²) in [6.45, 7) is 3.74. The quantitative estimate of drug-likeness (QED) is 0.253. The molecule has 0 spiro atoms. The predicted octanol–water partition coefficient (Wildman–Crippen LogP) is 1.75. The molecule has 0 atom stereocenters. The second-order valence-electron chi connectivity index (χ2n) is 4.76. The van der Waals surface area contributed by atoms with E-state index in [1.54, 1.807) is 6.07 Å². The topological polar surface area (TPSA) is 108 Å². The molecule has 23 heavy (non-hydrogen) atoms. The first-order valence-corrected chi connectivity index (χ1v) is 7.71. The van der Waals surface area contributed by atoms with Crippen LogP contribution in [0.2, 0.25) is 0 Å². The molecule has 1 aromatic heterocycles. The number of benzene rings is 1. The maximum Gasteiger partial charge on any atom is 0.250 e. The Bertz CT molecular complexity index is 729. The van der Waals surface area contributed by atoms with Crippen LogP contribution in [0.15, 0.2) is 34.5 Å². The number of hydrogen-bond acceptors (Lipinski definition) is 7. The number of aryl methyl sites for hydroxylation is 2. The summed E-state index contributed by atoms with van der Waals surface area (Å²) in [7, 11) is 0. The molecule has 1 amide bonds. The number of carbonyl (C=O) groups excluding carboxylic acids is 1. The lowest BCUT2D eigenvalue weighted by Crippen LogP contribution is -2.19. The summed E-state index contributed by atoms with van der Waals surface area (Å²) in [6.07, 6.45) is 1.37. The van der Waals surface area contributed by atoms with Gasteiger partial charge in [0, 0.05) is 11.4 Å². The molecule has 3 N–H and O–H groups in total. The molecule has 0 radical (unpaired) electrons. The monoisotopic (exact) mass is 332 g/mol. The average Bonchev–Trinajstić information content (AvgIpc) is 2.48. The number of amides is 1. The molecule has 7 nitrogen and oxygen atoms in total. The van der Waals surface area contributed by atoms with Crippen molar-refractivity contribution in [3.05, 3.63) is 41.2 Å². The average molecular weight is 332 g/mol. The zero-order valence-corrected chi connectivity index (χ0v) is 13.5. The summed E-state index contributed by atoms with van der Waals surface area (Å²) >= 11 is 1.23. The van der Waals surface area contributed by atoms with Crippen LogP contribution in [0.5, 0.6) is 11.5 Å². The fourth-order valence-electron chi connectivity index (χ4n) is 1.72. The molecule has 0 aliphatic carbocycles. The number of phenolic OH excluding ortho intramolecular Hbond substituents is 2. The zero-order valence-electron chi connectivity index (χ0n) is 12.6. The highest BCUT2D eigenvalue weighted by molar-refractivity contribution is 7.99. The van der Waals surface area contributed by atoms with Gasteiger partial charge in [-0.1, -0.05) is 11.8 Å². The van der Waals surface area contributed by atoms with Gasteiger partial charge in [0.1, 0.15) is 0 Å². The summed E-state index contributed by atoms with van der Waals surface area (Å²) in [5.41, 5.74) is 4.63. The van der Waals surface area contributed by atoms with Crippen molar-refractivity contribution in [2.75, 3.05) is 5.75 Å². The summed E-state index contributed by atoms with van der Waals surface area (Å²) < 4.78 is 0. The number of hydrazone groups is 1. The normalized spacial score (nSPS) is 10.9. The third-order valence-electron chi connectivity index (χ3n) is 2.70. The molecule has 0 fully saturated rings. The fraction of sp³-hybridized carbons (Fsp3) is 0.200. The molecule has 2 aromatic rings. The SMILES string of the molecule is Cc1cc(C)nc(SCC(=O)NN=Cc2ccc(O)c(O)c2)n1. The standard InChI is InChI=1S/C15H16N4O3S/c1-9-5-10(2)18-15(17-9)23-8-14(22)19-16-7-11-3-4-12(20)13(21)6-11/h3-7,20-21H,8H2,1-2H3,(H,19,22). The van der Waals surface area contributed by atoms with E-state index in [1.165, 1.54) is 30.1 Å². The number of nitrogens with one attached hydrogen (secondary N) is 1. The molecule has 0 saturated heterocycles. The molecule has 0 aliphatic heterocycles. The Hall–Kier alpha value is -2.61. The van der Waals surface area contributed by atoms with E-state index < -0.39 is 0 Å². The van der Waals surface area contributed by atoms with Gasteiger partial charge in [0.15, 0.2) is 16.7 Å². The first-order valence-electron chi connectivity index (χ1n) is 6.73. The van der Waals surface area contributed by atoms with Crippen LogP contribution in [0.1, 0.15) is 17.0 Å². The Morgan fingerprint density at radius 1 is 1.22 bits per heavy atom. The maximum atomic E-state index is 11.7. The minimum absolute atomic E-state index is 0.140. The molecule has 0 unspecified atom stereocenters. The number of nitrogens with zero attached hydrogens (tertiary/aromatic N) is 3. The molecule has 2 rings (SSSR count). The Morgan fingerprint density at radius 3 is 2.57 bits per heavy atom. The molecule has 8 heteroatoms. The Kier molecular flexibility index (Phi) is 5.53. The van der Waals surface area contributed by atoms with Crippen LogP contribution in [0.25, 0.3) is 0 Å². The number of thioether (sulfide) groups is 1. The molecule has 120 valence electrons. The largest absolute Gasteiger partial charge is 0.504 e. The van der Waals surface area contributed by atoms with E-state index in [4.69, 9.17) is 0 Å². The van der Waals surface area contributed by atoms with Crippen LogP contribution in [-0.4, -0.2) is 38.1 Å². The van der Waals surface area contributed by atoms with E-state index in [9.17, 15) is 15.0 Å².